The maximum atomic E-state index is 12.8. The molecule has 1 atom stereocenters. The topological polar surface area (TPSA) is 73.9 Å². The first-order valence-corrected chi connectivity index (χ1v) is 8.36. The van der Waals surface area contributed by atoms with E-state index in [1.54, 1.807) is 18.2 Å². The van der Waals surface area contributed by atoms with Crippen LogP contribution in [0.4, 0.5) is 10.1 Å². The number of anilines is 1. The summed E-state index contributed by atoms with van der Waals surface area (Å²) in [7, 11) is 0. The summed E-state index contributed by atoms with van der Waals surface area (Å²) in [6.45, 7) is 2.40. The Kier molecular flexibility index (Phi) is 5.71. The number of hydrogen-bond acceptors (Lipinski definition) is 5. The van der Waals surface area contributed by atoms with Crippen molar-refractivity contribution in [3.8, 4) is 11.5 Å². The van der Waals surface area contributed by atoms with Gasteiger partial charge in [-0.2, -0.15) is 0 Å². The Labute approximate surface area is 155 Å². The van der Waals surface area contributed by atoms with E-state index in [-0.39, 0.29) is 5.82 Å². The molecule has 1 aliphatic heterocycles. The summed E-state index contributed by atoms with van der Waals surface area (Å²) in [4.78, 5) is 24.0. The second-order valence-electron chi connectivity index (χ2n) is 5.81. The van der Waals surface area contributed by atoms with E-state index in [0.29, 0.717) is 36.0 Å². The van der Waals surface area contributed by atoms with Crippen LogP contribution in [0, 0.1) is 5.82 Å². The summed E-state index contributed by atoms with van der Waals surface area (Å²) in [5, 5.41) is 2.66. The minimum absolute atomic E-state index is 0.362. The first-order valence-electron chi connectivity index (χ1n) is 8.36. The predicted octanol–water partition coefficient (Wildman–Crippen LogP) is 3.18. The van der Waals surface area contributed by atoms with E-state index >= 15 is 0 Å². The van der Waals surface area contributed by atoms with Gasteiger partial charge in [0, 0.05) is 17.8 Å². The van der Waals surface area contributed by atoms with Crippen LogP contribution in [-0.2, 0) is 14.3 Å². The van der Waals surface area contributed by atoms with Gasteiger partial charge in [0.05, 0.1) is 0 Å². The molecule has 0 spiro atoms. The average Bonchev–Trinajstić information content (AvgIpc) is 2.67. The van der Waals surface area contributed by atoms with Crippen LogP contribution in [0.15, 0.2) is 48.5 Å². The van der Waals surface area contributed by atoms with Gasteiger partial charge >= 0.3 is 5.97 Å². The van der Waals surface area contributed by atoms with Crippen LogP contribution in [0.5, 0.6) is 11.5 Å². The van der Waals surface area contributed by atoms with Gasteiger partial charge in [0.1, 0.15) is 19.0 Å². The molecule has 1 N–H and O–H groups in total. The number of nitrogens with one attached hydrogen (secondary N) is 1. The molecule has 27 heavy (non-hydrogen) atoms. The number of benzene rings is 2. The Morgan fingerprint density at radius 3 is 2.56 bits per heavy atom. The van der Waals surface area contributed by atoms with Crippen LogP contribution in [0.25, 0.3) is 6.08 Å². The first-order chi connectivity index (χ1) is 13.0. The number of hydrogen-bond donors (Lipinski definition) is 1. The van der Waals surface area contributed by atoms with Gasteiger partial charge in [0.15, 0.2) is 17.6 Å². The van der Waals surface area contributed by atoms with Crippen molar-refractivity contribution in [3.63, 3.8) is 0 Å². The number of halogens is 1. The molecule has 2 aromatic rings. The van der Waals surface area contributed by atoms with Gasteiger partial charge in [-0.3, -0.25) is 4.79 Å². The monoisotopic (exact) mass is 371 g/mol. The molecule has 0 saturated carbocycles. The minimum Gasteiger partial charge on any atom is -0.486 e. The van der Waals surface area contributed by atoms with E-state index in [2.05, 4.69) is 5.32 Å². The molecule has 2 aromatic carbocycles. The molecule has 0 saturated heterocycles. The molecule has 0 fully saturated rings. The molecule has 0 bridgehead atoms. The predicted molar refractivity (Wildman–Crippen MR) is 97.0 cm³/mol. The maximum Gasteiger partial charge on any atom is 0.331 e. The van der Waals surface area contributed by atoms with Crippen LogP contribution in [0.2, 0.25) is 0 Å². The van der Waals surface area contributed by atoms with E-state index in [9.17, 15) is 14.0 Å². The zero-order valence-corrected chi connectivity index (χ0v) is 14.6. The van der Waals surface area contributed by atoms with Crippen LogP contribution in [-0.4, -0.2) is 31.2 Å². The van der Waals surface area contributed by atoms with Crippen molar-refractivity contribution in [1.29, 1.82) is 0 Å². The van der Waals surface area contributed by atoms with E-state index in [1.165, 1.54) is 43.3 Å². The second kappa shape index (κ2) is 8.35. The quantitative estimate of drug-likeness (QED) is 0.646. The van der Waals surface area contributed by atoms with E-state index < -0.39 is 18.0 Å². The highest BCUT2D eigenvalue weighted by Crippen LogP contribution is 2.32. The maximum absolute atomic E-state index is 12.8. The molecule has 7 heteroatoms. The second-order valence-corrected chi connectivity index (χ2v) is 5.81. The highest BCUT2D eigenvalue weighted by atomic mass is 19.1. The lowest BCUT2D eigenvalue weighted by Crippen LogP contribution is -2.29. The number of rotatable bonds is 5. The standard InChI is InChI=1S/C20H18FNO5/c1-13(27-19(23)9-4-14-2-5-15(21)6-3-14)20(24)22-16-7-8-17-18(12-16)26-11-10-25-17/h2-9,12-13H,10-11H2,1H3,(H,22,24)/b9-4+/t13-/m0/s1. The smallest absolute Gasteiger partial charge is 0.331 e. The average molecular weight is 371 g/mol. The third-order valence-corrected chi connectivity index (χ3v) is 3.75. The Morgan fingerprint density at radius 2 is 1.81 bits per heavy atom. The molecule has 140 valence electrons. The van der Waals surface area contributed by atoms with E-state index in [1.807, 2.05) is 0 Å². The third-order valence-electron chi connectivity index (χ3n) is 3.75. The van der Waals surface area contributed by atoms with Crippen molar-refractivity contribution in [2.75, 3.05) is 18.5 Å². The van der Waals surface area contributed by atoms with Crippen molar-refractivity contribution >= 4 is 23.6 Å². The molecular weight excluding hydrogens is 353 g/mol. The highest BCUT2D eigenvalue weighted by Gasteiger charge is 2.18. The number of esters is 1. The Bertz CT molecular complexity index is 863. The number of carbonyl (C=O) groups is 2. The zero-order valence-electron chi connectivity index (χ0n) is 14.6. The Hall–Kier alpha value is -3.35. The molecule has 1 amide bonds. The number of fused-ring (bicyclic) bond motifs is 1. The zero-order chi connectivity index (χ0) is 19.2. The van der Waals surface area contributed by atoms with Crippen LogP contribution in [0.3, 0.4) is 0 Å². The number of ether oxygens (including phenoxy) is 3. The normalized spacial score (nSPS) is 13.9. The van der Waals surface area contributed by atoms with Crippen molar-refractivity contribution in [1.82, 2.24) is 0 Å². The van der Waals surface area contributed by atoms with Crippen LogP contribution in [0.1, 0.15) is 12.5 Å². The Balaban J connectivity index is 1.54. The SMILES string of the molecule is C[C@H](OC(=O)/C=C/c1ccc(F)cc1)C(=O)Nc1ccc2c(c1)OCCO2. The van der Waals surface area contributed by atoms with Gasteiger partial charge in [-0.1, -0.05) is 12.1 Å². The summed E-state index contributed by atoms with van der Waals surface area (Å²) in [5.41, 5.74) is 1.15. The van der Waals surface area contributed by atoms with Crippen molar-refractivity contribution in [2.24, 2.45) is 0 Å². The highest BCUT2D eigenvalue weighted by molar-refractivity contribution is 5.96. The molecular formula is C20H18FNO5. The van der Waals surface area contributed by atoms with Crippen LogP contribution >= 0.6 is 0 Å². The summed E-state index contributed by atoms with van der Waals surface area (Å²) < 4.78 is 28.8. The molecule has 0 unspecified atom stereocenters. The molecule has 0 aliphatic carbocycles. The fourth-order valence-corrected chi connectivity index (χ4v) is 2.37. The summed E-state index contributed by atoms with van der Waals surface area (Å²) >= 11 is 0. The van der Waals surface area contributed by atoms with E-state index in [0.717, 1.165) is 0 Å². The molecule has 1 heterocycles. The molecule has 1 aliphatic rings. The summed E-state index contributed by atoms with van der Waals surface area (Å²) in [6, 6.07) is 10.6. The number of amides is 1. The lowest BCUT2D eigenvalue weighted by atomic mass is 10.2. The van der Waals surface area contributed by atoms with E-state index in [4.69, 9.17) is 14.2 Å². The van der Waals surface area contributed by atoms with Gasteiger partial charge in [-0.15, -0.1) is 0 Å². The number of carbonyl (C=O) groups excluding carboxylic acids is 2. The lowest BCUT2D eigenvalue weighted by Gasteiger charge is -2.19. The summed E-state index contributed by atoms with van der Waals surface area (Å²) in [6.07, 6.45) is 1.66. The third kappa shape index (κ3) is 5.07. The van der Waals surface area contributed by atoms with Crippen molar-refractivity contribution in [3.05, 3.63) is 59.9 Å². The largest absolute Gasteiger partial charge is 0.486 e. The van der Waals surface area contributed by atoms with Crippen molar-refractivity contribution in [2.45, 2.75) is 13.0 Å². The van der Waals surface area contributed by atoms with Gasteiger partial charge in [0.2, 0.25) is 0 Å². The molecule has 3 rings (SSSR count). The Morgan fingerprint density at radius 1 is 1.11 bits per heavy atom. The van der Waals surface area contributed by atoms with Gasteiger partial charge in [-0.05, 0) is 42.8 Å². The lowest BCUT2D eigenvalue weighted by molar-refractivity contribution is -0.148. The van der Waals surface area contributed by atoms with Gasteiger partial charge < -0.3 is 19.5 Å². The molecule has 0 aromatic heterocycles. The fraction of sp³-hybridized carbons (Fsp3) is 0.200. The fourth-order valence-electron chi connectivity index (χ4n) is 2.37. The first kappa shape index (κ1) is 18.4. The van der Waals surface area contributed by atoms with Gasteiger partial charge in [0.25, 0.3) is 5.91 Å². The minimum atomic E-state index is -0.997. The van der Waals surface area contributed by atoms with Crippen molar-refractivity contribution < 1.29 is 28.2 Å². The molecule has 6 nitrogen and oxygen atoms in total. The van der Waals surface area contributed by atoms with Crippen LogP contribution < -0.4 is 14.8 Å². The molecule has 0 radical (unpaired) electrons. The summed E-state index contributed by atoms with van der Waals surface area (Å²) in [5.74, 6) is -0.353. The van der Waals surface area contributed by atoms with Gasteiger partial charge in [-0.25, -0.2) is 9.18 Å².